The Bertz CT molecular complexity index is 1570. The molecular weight excluding hydrogens is 472 g/mol. The maximum absolute atomic E-state index is 12.9. The van der Waals surface area contributed by atoms with Gasteiger partial charge in [0.15, 0.2) is 0 Å². The molecule has 0 aliphatic carbocycles. The SMILES string of the molecule is Cc1nn(Cn2ccc(C(=O)NCc3cn(-c4ccccc4)nc3-c3ccccc3)n2)c(C)c1[N+](=O)[O-]. The molecule has 0 fully saturated rings. The summed E-state index contributed by atoms with van der Waals surface area (Å²) in [4.78, 5) is 23.7. The number of nitro groups is 1. The maximum Gasteiger partial charge on any atom is 0.312 e. The van der Waals surface area contributed by atoms with Crippen molar-refractivity contribution in [3.05, 3.63) is 112 Å². The minimum atomic E-state index is -0.445. The average molecular weight is 497 g/mol. The lowest BCUT2D eigenvalue weighted by Gasteiger charge is -2.05. The summed E-state index contributed by atoms with van der Waals surface area (Å²) in [6.45, 7) is 3.63. The number of aromatic nitrogens is 6. The first-order valence-electron chi connectivity index (χ1n) is 11.6. The Morgan fingerprint density at radius 3 is 2.35 bits per heavy atom. The molecule has 0 atom stereocenters. The largest absolute Gasteiger partial charge is 0.346 e. The molecule has 3 heterocycles. The molecule has 2 aromatic carbocycles. The van der Waals surface area contributed by atoms with Crippen LogP contribution in [0.3, 0.4) is 0 Å². The average Bonchev–Trinajstić information content (AvgIpc) is 3.61. The standard InChI is InChI=1S/C26H24N8O3/c1-18-25(34(36)37)19(2)33(28-18)17-31-14-13-23(29-31)26(35)27-15-21-16-32(22-11-7-4-8-12-22)30-24(21)20-9-5-3-6-10-20/h3-14,16H,15,17H2,1-2H3,(H,27,35). The first-order chi connectivity index (χ1) is 17.9. The highest BCUT2D eigenvalue weighted by atomic mass is 16.6. The maximum atomic E-state index is 12.9. The molecule has 0 saturated carbocycles. The van der Waals surface area contributed by atoms with E-state index in [1.165, 1.54) is 9.36 Å². The third-order valence-corrected chi connectivity index (χ3v) is 5.98. The minimum Gasteiger partial charge on any atom is -0.346 e. The molecule has 11 nitrogen and oxygen atoms in total. The van der Waals surface area contributed by atoms with Gasteiger partial charge in [-0.1, -0.05) is 48.5 Å². The second kappa shape index (κ2) is 9.90. The molecule has 0 aliphatic heterocycles. The summed E-state index contributed by atoms with van der Waals surface area (Å²) < 4.78 is 4.80. The lowest BCUT2D eigenvalue weighted by Crippen LogP contribution is -2.24. The van der Waals surface area contributed by atoms with Crippen molar-refractivity contribution >= 4 is 11.6 Å². The number of benzene rings is 2. The molecule has 0 saturated heterocycles. The van der Waals surface area contributed by atoms with Gasteiger partial charge in [0.1, 0.15) is 23.8 Å². The number of nitrogens with zero attached hydrogens (tertiary/aromatic N) is 7. The molecule has 0 aliphatic rings. The van der Waals surface area contributed by atoms with Gasteiger partial charge in [0.25, 0.3) is 5.91 Å². The Labute approximate surface area is 212 Å². The van der Waals surface area contributed by atoms with E-state index in [2.05, 4.69) is 15.5 Å². The van der Waals surface area contributed by atoms with Crippen LogP contribution in [-0.4, -0.2) is 40.2 Å². The van der Waals surface area contributed by atoms with Crippen molar-refractivity contribution < 1.29 is 9.72 Å². The summed E-state index contributed by atoms with van der Waals surface area (Å²) >= 11 is 0. The number of hydrogen-bond acceptors (Lipinski definition) is 6. The van der Waals surface area contributed by atoms with E-state index in [9.17, 15) is 14.9 Å². The molecule has 0 radical (unpaired) electrons. The van der Waals surface area contributed by atoms with E-state index >= 15 is 0 Å². The van der Waals surface area contributed by atoms with E-state index in [1.807, 2.05) is 66.9 Å². The summed E-state index contributed by atoms with van der Waals surface area (Å²) in [5, 5.41) is 27.5. The summed E-state index contributed by atoms with van der Waals surface area (Å²) in [5.41, 5.74) is 4.47. The van der Waals surface area contributed by atoms with Crippen LogP contribution in [0.15, 0.2) is 79.1 Å². The van der Waals surface area contributed by atoms with Crippen LogP contribution in [0.25, 0.3) is 16.9 Å². The fourth-order valence-corrected chi connectivity index (χ4v) is 4.15. The molecule has 0 bridgehead atoms. The van der Waals surface area contributed by atoms with E-state index in [1.54, 1.807) is 30.8 Å². The molecule has 186 valence electrons. The zero-order chi connectivity index (χ0) is 25.9. The summed E-state index contributed by atoms with van der Waals surface area (Å²) in [6.07, 6.45) is 3.55. The van der Waals surface area contributed by atoms with Gasteiger partial charge in [0.2, 0.25) is 0 Å². The second-order valence-corrected chi connectivity index (χ2v) is 8.49. The van der Waals surface area contributed by atoms with Gasteiger partial charge in [0.05, 0.1) is 16.3 Å². The quantitative estimate of drug-likeness (QED) is 0.257. The number of hydrogen-bond donors (Lipinski definition) is 1. The summed E-state index contributed by atoms with van der Waals surface area (Å²) in [5.74, 6) is -0.343. The Kier molecular flexibility index (Phi) is 6.33. The van der Waals surface area contributed by atoms with Gasteiger partial charge in [-0.25, -0.2) is 9.36 Å². The number of para-hydroxylation sites is 1. The van der Waals surface area contributed by atoms with Gasteiger partial charge < -0.3 is 5.32 Å². The lowest BCUT2D eigenvalue weighted by molar-refractivity contribution is -0.386. The highest BCUT2D eigenvalue weighted by Gasteiger charge is 2.22. The lowest BCUT2D eigenvalue weighted by atomic mass is 10.1. The molecule has 1 N–H and O–H groups in total. The van der Waals surface area contributed by atoms with Crippen molar-refractivity contribution in [1.29, 1.82) is 0 Å². The van der Waals surface area contributed by atoms with Crippen molar-refractivity contribution in [3.8, 4) is 16.9 Å². The number of amides is 1. The van der Waals surface area contributed by atoms with Crippen LogP contribution >= 0.6 is 0 Å². The van der Waals surface area contributed by atoms with Crippen LogP contribution in [0, 0.1) is 24.0 Å². The molecular formula is C26H24N8O3. The van der Waals surface area contributed by atoms with Gasteiger partial charge in [-0.3, -0.25) is 19.6 Å². The molecule has 5 rings (SSSR count). The predicted molar refractivity (Wildman–Crippen MR) is 136 cm³/mol. The number of carbonyl (C=O) groups is 1. The van der Waals surface area contributed by atoms with Crippen LogP contribution in [-0.2, 0) is 13.2 Å². The van der Waals surface area contributed by atoms with Crippen LogP contribution in [0.5, 0.6) is 0 Å². The topological polar surface area (TPSA) is 126 Å². The van der Waals surface area contributed by atoms with Crippen molar-refractivity contribution in [2.75, 3.05) is 0 Å². The van der Waals surface area contributed by atoms with Gasteiger partial charge in [0, 0.05) is 30.1 Å². The number of carbonyl (C=O) groups excluding carboxylic acids is 1. The van der Waals surface area contributed by atoms with E-state index < -0.39 is 4.92 Å². The summed E-state index contributed by atoms with van der Waals surface area (Å²) in [6, 6.07) is 21.2. The van der Waals surface area contributed by atoms with E-state index in [4.69, 9.17) is 5.10 Å². The molecule has 5 aromatic rings. The molecule has 1 amide bonds. The van der Waals surface area contributed by atoms with Gasteiger partial charge >= 0.3 is 5.69 Å². The number of aryl methyl sites for hydroxylation is 1. The molecule has 11 heteroatoms. The van der Waals surface area contributed by atoms with Crippen LogP contribution < -0.4 is 5.32 Å². The van der Waals surface area contributed by atoms with Gasteiger partial charge in [-0.15, -0.1) is 0 Å². The van der Waals surface area contributed by atoms with Crippen molar-refractivity contribution in [2.24, 2.45) is 0 Å². The monoisotopic (exact) mass is 496 g/mol. The van der Waals surface area contributed by atoms with Crippen LogP contribution in [0.2, 0.25) is 0 Å². The number of nitrogens with one attached hydrogen (secondary N) is 1. The van der Waals surface area contributed by atoms with Crippen LogP contribution in [0.1, 0.15) is 27.4 Å². The highest BCUT2D eigenvalue weighted by Crippen LogP contribution is 2.24. The third kappa shape index (κ3) is 4.87. The van der Waals surface area contributed by atoms with Gasteiger partial charge in [-0.05, 0) is 32.0 Å². The van der Waals surface area contributed by atoms with Crippen LogP contribution in [0.4, 0.5) is 5.69 Å². The predicted octanol–water partition coefficient (Wildman–Crippen LogP) is 3.89. The van der Waals surface area contributed by atoms with E-state index in [0.29, 0.717) is 11.4 Å². The highest BCUT2D eigenvalue weighted by molar-refractivity contribution is 5.92. The first-order valence-corrected chi connectivity index (χ1v) is 11.6. The van der Waals surface area contributed by atoms with E-state index in [-0.39, 0.29) is 30.5 Å². The molecule has 0 unspecified atom stereocenters. The van der Waals surface area contributed by atoms with E-state index in [0.717, 1.165) is 22.5 Å². The first kappa shape index (κ1) is 23.7. The number of rotatable bonds is 8. The Balaban J connectivity index is 1.33. The van der Waals surface area contributed by atoms with Crippen molar-refractivity contribution in [1.82, 2.24) is 34.7 Å². The Hall–Kier alpha value is -5.06. The zero-order valence-electron chi connectivity index (χ0n) is 20.3. The fourth-order valence-electron chi connectivity index (χ4n) is 4.15. The Morgan fingerprint density at radius 2 is 1.68 bits per heavy atom. The molecule has 0 spiro atoms. The van der Waals surface area contributed by atoms with Gasteiger partial charge in [-0.2, -0.15) is 15.3 Å². The fraction of sp³-hybridized carbons (Fsp3) is 0.154. The smallest absolute Gasteiger partial charge is 0.312 e. The minimum absolute atomic E-state index is 0.0182. The van der Waals surface area contributed by atoms with Crippen molar-refractivity contribution in [2.45, 2.75) is 27.1 Å². The molecule has 3 aromatic heterocycles. The molecule has 37 heavy (non-hydrogen) atoms. The summed E-state index contributed by atoms with van der Waals surface area (Å²) in [7, 11) is 0. The second-order valence-electron chi connectivity index (χ2n) is 8.49. The Morgan fingerprint density at radius 1 is 0.973 bits per heavy atom. The van der Waals surface area contributed by atoms with Crippen molar-refractivity contribution in [3.63, 3.8) is 0 Å². The normalized spacial score (nSPS) is 11.0. The zero-order valence-corrected chi connectivity index (χ0v) is 20.3. The third-order valence-electron chi connectivity index (χ3n) is 5.98.